The number of benzene rings is 8. The number of hydrogen-bond donors (Lipinski definition) is 0. The molecule has 0 N–H and O–H groups in total. The minimum absolute atomic E-state index is 0.495. The van der Waals surface area contributed by atoms with Crippen LogP contribution in [0.5, 0.6) is 0 Å². The molecule has 2 heterocycles. The summed E-state index contributed by atoms with van der Waals surface area (Å²) >= 11 is 0. The second-order valence-electron chi connectivity index (χ2n) is 17.5. The van der Waals surface area contributed by atoms with E-state index in [1.165, 1.54) is 54.9 Å². The third-order valence-corrected chi connectivity index (χ3v) is 14.7. The van der Waals surface area contributed by atoms with Crippen molar-refractivity contribution in [2.24, 2.45) is 0 Å². The van der Waals surface area contributed by atoms with Gasteiger partial charge in [0.15, 0.2) is 17.5 Å². The topological polar surface area (TPSA) is 51.6 Å². The zero-order valence-electron chi connectivity index (χ0n) is 35.5. The van der Waals surface area contributed by atoms with Gasteiger partial charge >= 0.3 is 0 Å². The van der Waals surface area contributed by atoms with Crippen molar-refractivity contribution < 1.29 is 0 Å². The normalized spacial score (nSPS) is 12.8. The lowest BCUT2D eigenvalue weighted by molar-refractivity contribution is 0.769. The van der Waals surface area contributed by atoms with Gasteiger partial charge in [-0.15, -0.1) is 0 Å². The maximum atomic E-state index is 5.05. The van der Waals surface area contributed by atoms with Gasteiger partial charge in [-0.3, -0.25) is 4.98 Å². The molecular weight excluding hydrogens is 781 g/mol. The van der Waals surface area contributed by atoms with Crippen molar-refractivity contribution in [3.05, 3.63) is 235 Å². The SMILES string of the molecule is C[Si](C)(C)c1cccc(C2(c3cccc(-c4cc(-c5cccc(-c6nc(-c7ccccc7)nc(-c7cccnc7)n6)c5)c5ccccc5c4)c3)c3ccccc3-c3ccccc32)c1. The second-order valence-corrected chi connectivity index (χ2v) is 22.6. The standard InChI is InChI=1S/C58H44N4Si/c1-63(2,3)48-26-15-25-47(37-48)58(53-30-11-9-28-50(53)51-29-10-12-31-54(51)58)46-24-14-20-40(35-46)45-34-41-19-7-8-27-49(41)52(36-45)42-21-13-22-43(33-42)56-60-55(39-17-5-4-6-18-39)61-57(62-56)44-23-16-32-59-38-44/h4-38H,1-3H3. The fourth-order valence-electron chi connectivity index (χ4n) is 9.56. The van der Waals surface area contributed by atoms with Crippen LogP contribution in [0.2, 0.25) is 19.6 Å². The van der Waals surface area contributed by atoms with Crippen molar-refractivity contribution in [2.45, 2.75) is 25.1 Å². The first-order valence-corrected chi connectivity index (χ1v) is 25.1. The van der Waals surface area contributed by atoms with Crippen molar-refractivity contribution in [1.29, 1.82) is 0 Å². The van der Waals surface area contributed by atoms with Crippen LogP contribution in [0, 0.1) is 0 Å². The molecule has 300 valence electrons. The van der Waals surface area contributed by atoms with E-state index in [2.05, 4.69) is 182 Å². The molecule has 0 unspecified atom stereocenters. The zero-order valence-corrected chi connectivity index (χ0v) is 36.5. The molecule has 11 rings (SSSR count). The highest BCUT2D eigenvalue weighted by Gasteiger charge is 2.46. The first kappa shape index (κ1) is 38.3. The molecule has 1 aliphatic carbocycles. The molecule has 2 aromatic heterocycles. The molecule has 63 heavy (non-hydrogen) atoms. The molecule has 0 bridgehead atoms. The van der Waals surface area contributed by atoms with Gasteiger partial charge in [-0.1, -0.05) is 189 Å². The highest BCUT2D eigenvalue weighted by molar-refractivity contribution is 6.88. The highest BCUT2D eigenvalue weighted by Crippen LogP contribution is 2.56. The van der Waals surface area contributed by atoms with Crippen LogP contribution in [0.15, 0.2) is 213 Å². The first-order valence-electron chi connectivity index (χ1n) is 21.6. The molecule has 0 saturated carbocycles. The summed E-state index contributed by atoms with van der Waals surface area (Å²) in [6.07, 6.45) is 3.56. The largest absolute Gasteiger partial charge is 0.264 e. The Kier molecular flexibility index (Phi) is 9.36. The molecule has 0 saturated heterocycles. The zero-order chi connectivity index (χ0) is 42.5. The third kappa shape index (κ3) is 6.69. The van der Waals surface area contributed by atoms with E-state index in [-0.39, 0.29) is 0 Å². The lowest BCUT2D eigenvalue weighted by Gasteiger charge is -2.35. The van der Waals surface area contributed by atoms with E-state index in [1.54, 1.807) is 12.4 Å². The van der Waals surface area contributed by atoms with Crippen LogP contribution >= 0.6 is 0 Å². The molecule has 10 aromatic rings. The fourth-order valence-corrected chi connectivity index (χ4v) is 10.7. The average Bonchev–Trinajstić information content (AvgIpc) is 3.65. The van der Waals surface area contributed by atoms with E-state index in [0.717, 1.165) is 33.4 Å². The molecule has 0 radical (unpaired) electrons. The number of pyridine rings is 1. The van der Waals surface area contributed by atoms with Gasteiger partial charge in [0.1, 0.15) is 0 Å². The summed E-state index contributed by atoms with van der Waals surface area (Å²) in [7, 11) is -1.64. The van der Waals surface area contributed by atoms with Crippen LogP contribution in [-0.4, -0.2) is 28.0 Å². The molecule has 5 heteroatoms. The molecule has 0 atom stereocenters. The Morgan fingerprint density at radius 2 is 0.952 bits per heavy atom. The predicted octanol–water partition coefficient (Wildman–Crippen LogP) is 13.7. The number of nitrogens with zero attached hydrogens (tertiary/aromatic N) is 4. The summed E-state index contributed by atoms with van der Waals surface area (Å²) in [6.45, 7) is 7.32. The van der Waals surface area contributed by atoms with Crippen LogP contribution in [0.25, 0.3) is 78.3 Å². The summed E-state index contributed by atoms with van der Waals surface area (Å²) in [5, 5.41) is 3.82. The minimum Gasteiger partial charge on any atom is -0.264 e. The Hall–Kier alpha value is -7.60. The van der Waals surface area contributed by atoms with Gasteiger partial charge in [0, 0.05) is 29.1 Å². The van der Waals surface area contributed by atoms with Crippen molar-refractivity contribution in [3.8, 4) is 67.5 Å². The van der Waals surface area contributed by atoms with Gasteiger partial charge in [-0.2, -0.15) is 0 Å². The van der Waals surface area contributed by atoms with Crippen molar-refractivity contribution in [3.63, 3.8) is 0 Å². The van der Waals surface area contributed by atoms with Gasteiger partial charge in [-0.05, 0) is 103 Å². The van der Waals surface area contributed by atoms with Crippen LogP contribution in [0.1, 0.15) is 22.3 Å². The third-order valence-electron chi connectivity index (χ3n) is 12.6. The maximum Gasteiger partial charge on any atom is 0.165 e. The minimum atomic E-state index is -1.64. The molecule has 0 amide bonds. The average molecular weight is 825 g/mol. The second kappa shape index (κ2) is 15.4. The quantitative estimate of drug-likeness (QED) is 0.143. The molecule has 0 spiro atoms. The molecule has 8 aromatic carbocycles. The number of rotatable bonds is 8. The number of fused-ring (bicyclic) bond motifs is 4. The van der Waals surface area contributed by atoms with Crippen LogP contribution < -0.4 is 5.19 Å². The molecule has 1 aliphatic rings. The van der Waals surface area contributed by atoms with Crippen LogP contribution in [0.4, 0.5) is 0 Å². The predicted molar refractivity (Wildman–Crippen MR) is 263 cm³/mol. The highest BCUT2D eigenvalue weighted by atomic mass is 28.3. The van der Waals surface area contributed by atoms with Gasteiger partial charge in [0.25, 0.3) is 0 Å². The molecular formula is C58H44N4Si. The number of hydrogen-bond acceptors (Lipinski definition) is 4. The Labute approximate surface area is 369 Å². The summed E-state index contributed by atoms with van der Waals surface area (Å²) in [6, 6.07) is 72.8. The Balaban J connectivity index is 1.08. The first-order chi connectivity index (χ1) is 30.8. The van der Waals surface area contributed by atoms with Gasteiger partial charge < -0.3 is 0 Å². The van der Waals surface area contributed by atoms with E-state index in [4.69, 9.17) is 15.0 Å². The van der Waals surface area contributed by atoms with E-state index in [9.17, 15) is 0 Å². The summed E-state index contributed by atoms with van der Waals surface area (Å²) < 4.78 is 0. The van der Waals surface area contributed by atoms with E-state index >= 15 is 0 Å². The Morgan fingerprint density at radius 1 is 0.381 bits per heavy atom. The summed E-state index contributed by atoms with van der Waals surface area (Å²) in [5.41, 5.74) is 14.6. The lowest BCUT2D eigenvalue weighted by Crippen LogP contribution is -2.39. The Bertz CT molecular complexity index is 3230. The smallest absolute Gasteiger partial charge is 0.165 e. The molecule has 4 nitrogen and oxygen atoms in total. The summed E-state index contributed by atoms with van der Waals surface area (Å²) in [5.74, 6) is 1.81. The fraction of sp³-hybridized carbons (Fsp3) is 0.0690. The summed E-state index contributed by atoms with van der Waals surface area (Å²) in [4.78, 5) is 19.3. The Morgan fingerprint density at radius 3 is 1.68 bits per heavy atom. The lowest BCUT2D eigenvalue weighted by atomic mass is 9.67. The maximum absolute atomic E-state index is 5.05. The van der Waals surface area contributed by atoms with Crippen molar-refractivity contribution >= 4 is 24.0 Å². The van der Waals surface area contributed by atoms with E-state index in [1.807, 2.05) is 42.5 Å². The van der Waals surface area contributed by atoms with Crippen LogP contribution in [-0.2, 0) is 5.41 Å². The number of aromatic nitrogens is 4. The van der Waals surface area contributed by atoms with Crippen LogP contribution in [0.3, 0.4) is 0 Å². The van der Waals surface area contributed by atoms with Gasteiger partial charge in [0.05, 0.1) is 13.5 Å². The van der Waals surface area contributed by atoms with Crippen molar-refractivity contribution in [1.82, 2.24) is 19.9 Å². The monoisotopic (exact) mass is 824 g/mol. The van der Waals surface area contributed by atoms with E-state index in [0.29, 0.717) is 17.5 Å². The van der Waals surface area contributed by atoms with E-state index < -0.39 is 13.5 Å². The van der Waals surface area contributed by atoms with Crippen molar-refractivity contribution in [2.75, 3.05) is 0 Å². The molecule has 0 fully saturated rings. The van der Waals surface area contributed by atoms with Gasteiger partial charge in [0.2, 0.25) is 0 Å². The molecule has 0 aliphatic heterocycles. The van der Waals surface area contributed by atoms with Gasteiger partial charge in [-0.25, -0.2) is 15.0 Å².